The van der Waals surface area contributed by atoms with Gasteiger partial charge in [0.05, 0.1) is 6.10 Å². The van der Waals surface area contributed by atoms with Crippen molar-refractivity contribution in [3.63, 3.8) is 0 Å². The van der Waals surface area contributed by atoms with Crippen LogP contribution in [0, 0.1) is 19.8 Å². The molecule has 3 N–H and O–H groups in total. The second-order valence-electron chi connectivity index (χ2n) is 5.45. The SMILES string of the molecule is CCC(C)C(O)CNC(=O)NCc1ccc(C)cc1C. The van der Waals surface area contributed by atoms with Crippen molar-refractivity contribution in [3.8, 4) is 0 Å². The second-order valence-corrected chi connectivity index (χ2v) is 5.45. The Bertz CT molecular complexity index is 446. The summed E-state index contributed by atoms with van der Waals surface area (Å²) in [5.41, 5.74) is 3.49. The van der Waals surface area contributed by atoms with Crippen LogP contribution in [0.5, 0.6) is 0 Å². The zero-order chi connectivity index (χ0) is 15.1. The van der Waals surface area contributed by atoms with E-state index in [-0.39, 0.29) is 18.5 Å². The highest BCUT2D eigenvalue weighted by molar-refractivity contribution is 5.73. The third-order valence-corrected chi connectivity index (χ3v) is 3.71. The molecular formula is C16H26N2O2. The highest BCUT2D eigenvalue weighted by Gasteiger charge is 2.13. The summed E-state index contributed by atoms with van der Waals surface area (Å²) in [6, 6.07) is 5.92. The molecule has 1 aromatic carbocycles. The number of benzene rings is 1. The normalized spacial score (nSPS) is 13.7. The van der Waals surface area contributed by atoms with Gasteiger partial charge in [0.25, 0.3) is 0 Å². The van der Waals surface area contributed by atoms with Crippen molar-refractivity contribution in [2.75, 3.05) is 6.54 Å². The Hall–Kier alpha value is -1.55. The number of carbonyl (C=O) groups is 1. The number of nitrogens with one attached hydrogen (secondary N) is 2. The fourth-order valence-electron chi connectivity index (χ4n) is 1.95. The van der Waals surface area contributed by atoms with Gasteiger partial charge in [-0.25, -0.2) is 4.79 Å². The summed E-state index contributed by atoms with van der Waals surface area (Å²) >= 11 is 0. The van der Waals surface area contributed by atoms with Crippen LogP contribution in [0.3, 0.4) is 0 Å². The average molecular weight is 278 g/mol. The van der Waals surface area contributed by atoms with Gasteiger partial charge in [-0.3, -0.25) is 0 Å². The van der Waals surface area contributed by atoms with E-state index in [0.29, 0.717) is 6.54 Å². The monoisotopic (exact) mass is 278 g/mol. The lowest BCUT2D eigenvalue weighted by atomic mass is 10.0. The smallest absolute Gasteiger partial charge is 0.315 e. The Morgan fingerprint density at radius 1 is 1.30 bits per heavy atom. The predicted molar refractivity (Wildman–Crippen MR) is 81.6 cm³/mol. The van der Waals surface area contributed by atoms with E-state index in [1.54, 1.807) is 0 Å². The van der Waals surface area contributed by atoms with Crippen LogP contribution in [0.1, 0.15) is 37.0 Å². The quantitative estimate of drug-likeness (QED) is 0.748. The standard InChI is InChI=1S/C16H26N2O2/c1-5-12(3)15(19)10-18-16(20)17-9-14-7-6-11(2)8-13(14)4/h6-8,12,15,19H,5,9-10H2,1-4H3,(H2,17,18,20). The van der Waals surface area contributed by atoms with Gasteiger partial charge in [0.15, 0.2) is 0 Å². The Morgan fingerprint density at radius 3 is 2.60 bits per heavy atom. The van der Waals surface area contributed by atoms with Gasteiger partial charge in [0.2, 0.25) is 0 Å². The first-order valence-electron chi connectivity index (χ1n) is 7.20. The molecule has 1 aromatic rings. The molecule has 2 amide bonds. The second kappa shape index (κ2) is 7.90. The van der Waals surface area contributed by atoms with E-state index in [0.717, 1.165) is 12.0 Å². The van der Waals surface area contributed by atoms with Crippen LogP contribution >= 0.6 is 0 Å². The molecule has 1 rings (SSSR count). The topological polar surface area (TPSA) is 61.4 Å². The Balaban J connectivity index is 2.36. The lowest BCUT2D eigenvalue weighted by Gasteiger charge is -2.18. The average Bonchev–Trinajstić information content (AvgIpc) is 2.42. The van der Waals surface area contributed by atoms with E-state index in [1.807, 2.05) is 39.8 Å². The number of aryl methyl sites for hydroxylation is 2. The van der Waals surface area contributed by atoms with Gasteiger partial charge in [-0.2, -0.15) is 0 Å². The van der Waals surface area contributed by atoms with Crippen LogP contribution in [-0.4, -0.2) is 23.8 Å². The van der Waals surface area contributed by atoms with E-state index in [2.05, 4.69) is 16.7 Å². The lowest BCUT2D eigenvalue weighted by Crippen LogP contribution is -2.41. The molecule has 4 nitrogen and oxygen atoms in total. The molecule has 0 fully saturated rings. The largest absolute Gasteiger partial charge is 0.391 e. The molecule has 0 saturated heterocycles. The molecule has 2 atom stereocenters. The number of carbonyl (C=O) groups excluding carboxylic acids is 1. The van der Waals surface area contributed by atoms with Crippen molar-refractivity contribution in [1.29, 1.82) is 0 Å². The minimum atomic E-state index is -0.494. The van der Waals surface area contributed by atoms with Crippen LogP contribution < -0.4 is 10.6 Å². The maximum atomic E-state index is 11.7. The van der Waals surface area contributed by atoms with Crippen LogP contribution in [0.4, 0.5) is 4.79 Å². The van der Waals surface area contributed by atoms with Crippen LogP contribution in [-0.2, 0) is 6.54 Å². The first kappa shape index (κ1) is 16.5. The van der Waals surface area contributed by atoms with Gasteiger partial charge in [-0.1, -0.05) is 44.0 Å². The van der Waals surface area contributed by atoms with E-state index < -0.39 is 6.10 Å². The summed E-state index contributed by atoms with van der Waals surface area (Å²) in [6.07, 6.45) is 0.402. The lowest BCUT2D eigenvalue weighted by molar-refractivity contribution is 0.114. The van der Waals surface area contributed by atoms with E-state index in [1.165, 1.54) is 11.1 Å². The van der Waals surface area contributed by atoms with Crippen LogP contribution in [0.25, 0.3) is 0 Å². The summed E-state index contributed by atoms with van der Waals surface area (Å²) in [5.74, 6) is 0.189. The fraction of sp³-hybridized carbons (Fsp3) is 0.562. The molecular weight excluding hydrogens is 252 g/mol. The number of urea groups is 1. The molecule has 20 heavy (non-hydrogen) atoms. The molecule has 0 aliphatic heterocycles. The number of rotatable bonds is 6. The van der Waals surface area contributed by atoms with E-state index in [4.69, 9.17) is 0 Å². The Kier molecular flexibility index (Phi) is 6.52. The maximum Gasteiger partial charge on any atom is 0.315 e. The minimum Gasteiger partial charge on any atom is -0.391 e. The van der Waals surface area contributed by atoms with Crippen molar-refractivity contribution in [2.45, 2.75) is 46.8 Å². The van der Waals surface area contributed by atoms with Gasteiger partial charge in [-0.15, -0.1) is 0 Å². The van der Waals surface area contributed by atoms with Crippen molar-refractivity contribution in [1.82, 2.24) is 10.6 Å². The molecule has 2 unspecified atom stereocenters. The van der Waals surface area contributed by atoms with Gasteiger partial charge < -0.3 is 15.7 Å². The molecule has 0 heterocycles. The van der Waals surface area contributed by atoms with E-state index in [9.17, 15) is 9.90 Å². The van der Waals surface area contributed by atoms with Crippen molar-refractivity contribution in [3.05, 3.63) is 34.9 Å². The van der Waals surface area contributed by atoms with Gasteiger partial charge in [0, 0.05) is 13.1 Å². The Labute approximate surface area is 121 Å². The van der Waals surface area contributed by atoms with Gasteiger partial charge in [-0.05, 0) is 30.9 Å². The molecule has 0 bridgehead atoms. The van der Waals surface area contributed by atoms with Crippen molar-refractivity contribution < 1.29 is 9.90 Å². The molecule has 0 radical (unpaired) electrons. The molecule has 0 aliphatic carbocycles. The zero-order valence-corrected chi connectivity index (χ0v) is 12.9. The minimum absolute atomic E-state index is 0.189. The third-order valence-electron chi connectivity index (χ3n) is 3.71. The number of amides is 2. The highest BCUT2D eigenvalue weighted by Crippen LogP contribution is 2.10. The van der Waals surface area contributed by atoms with Crippen LogP contribution in [0.15, 0.2) is 18.2 Å². The molecule has 112 valence electrons. The molecule has 0 aromatic heterocycles. The molecule has 0 spiro atoms. The highest BCUT2D eigenvalue weighted by atomic mass is 16.3. The van der Waals surface area contributed by atoms with Crippen molar-refractivity contribution >= 4 is 6.03 Å². The number of hydrogen-bond acceptors (Lipinski definition) is 2. The summed E-state index contributed by atoms with van der Waals surface area (Å²) in [7, 11) is 0. The summed E-state index contributed by atoms with van der Waals surface area (Å²) in [5, 5.41) is 15.3. The molecule has 0 saturated carbocycles. The first-order valence-corrected chi connectivity index (χ1v) is 7.20. The number of hydrogen-bond donors (Lipinski definition) is 3. The summed E-state index contributed by atoms with van der Waals surface area (Å²) in [4.78, 5) is 11.7. The predicted octanol–water partition coefficient (Wildman–Crippen LogP) is 2.51. The third kappa shape index (κ3) is 5.21. The van der Waals surface area contributed by atoms with Gasteiger partial charge >= 0.3 is 6.03 Å². The number of aliphatic hydroxyl groups is 1. The zero-order valence-electron chi connectivity index (χ0n) is 12.9. The summed E-state index contributed by atoms with van der Waals surface area (Å²) in [6.45, 7) is 8.86. The summed E-state index contributed by atoms with van der Waals surface area (Å²) < 4.78 is 0. The Morgan fingerprint density at radius 2 is 2.00 bits per heavy atom. The maximum absolute atomic E-state index is 11.7. The molecule has 4 heteroatoms. The van der Waals surface area contributed by atoms with Crippen LogP contribution in [0.2, 0.25) is 0 Å². The first-order chi connectivity index (χ1) is 9.43. The van der Waals surface area contributed by atoms with Gasteiger partial charge in [0.1, 0.15) is 0 Å². The van der Waals surface area contributed by atoms with E-state index >= 15 is 0 Å². The fourth-order valence-corrected chi connectivity index (χ4v) is 1.95. The van der Waals surface area contributed by atoms with Crippen molar-refractivity contribution in [2.24, 2.45) is 5.92 Å². The molecule has 0 aliphatic rings. The number of aliphatic hydroxyl groups excluding tert-OH is 1.